The molecule has 0 aliphatic carbocycles. The van der Waals surface area contributed by atoms with E-state index in [2.05, 4.69) is 10.3 Å². The van der Waals surface area contributed by atoms with Crippen LogP contribution in [0.2, 0.25) is 0 Å². The molecule has 1 fully saturated rings. The zero-order chi connectivity index (χ0) is 25.1. The highest BCUT2D eigenvalue weighted by atomic mass is 16.2. The number of hydrogen-bond acceptors (Lipinski definition) is 4. The molecule has 0 unspecified atom stereocenters. The maximum Gasteiger partial charge on any atom is 0.245 e. The van der Waals surface area contributed by atoms with Crippen LogP contribution in [0, 0.1) is 5.41 Å². The number of nitrogens with one attached hydrogen (secondary N) is 2. The number of para-hydroxylation sites is 1. The average molecular weight is 475 g/mol. The fourth-order valence-electron chi connectivity index (χ4n) is 4.92. The van der Waals surface area contributed by atoms with Gasteiger partial charge in [-0.15, -0.1) is 0 Å². The number of hydrogen-bond donors (Lipinski definition) is 3. The second-order valence-corrected chi connectivity index (χ2v) is 10.3. The van der Waals surface area contributed by atoms with Gasteiger partial charge in [-0.25, -0.2) is 0 Å². The van der Waals surface area contributed by atoms with Gasteiger partial charge in [-0.05, 0) is 50.3 Å². The lowest BCUT2D eigenvalue weighted by atomic mass is 9.76. The smallest absolute Gasteiger partial charge is 0.245 e. The largest absolute Gasteiger partial charge is 0.361 e. The zero-order valence-electron chi connectivity index (χ0n) is 20.4. The predicted molar refractivity (Wildman–Crippen MR) is 137 cm³/mol. The van der Waals surface area contributed by atoms with Crippen LogP contribution >= 0.6 is 0 Å². The van der Waals surface area contributed by atoms with Gasteiger partial charge in [-0.2, -0.15) is 0 Å². The fraction of sp³-hybridized carbons (Fsp3) is 0.393. The zero-order valence-corrected chi connectivity index (χ0v) is 20.4. The van der Waals surface area contributed by atoms with Crippen molar-refractivity contribution in [1.29, 1.82) is 0 Å². The lowest BCUT2D eigenvalue weighted by Crippen LogP contribution is -2.59. The van der Waals surface area contributed by atoms with E-state index in [9.17, 15) is 14.4 Å². The molecule has 4 N–H and O–H groups in total. The van der Waals surface area contributed by atoms with Gasteiger partial charge in [-0.3, -0.25) is 9.59 Å². The van der Waals surface area contributed by atoms with Gasteiger partial charge >= 0.3 is 0 Å². The molecule has 184 valence electrons. The van der Waals surface area contributed by atoms with E-state index in [0.717, 1.165) is 41.2 Å². The first-order chi connectivity index (χ1) is 16.7. The molecular formula is C28H34N4O3. The van der Waals surface area contributed by atoms with Gasteiger partial charge in [0.15, 0.2) is 0 Å². The van der Waals surface area contributed by atoms with Crippen LogP contribution < -0.4 is 11.1 Å². The van der Waals surface area contributed by atoms with Crippen LogP contribution in [0.3, 0.4) is 0 Å². The summed E-state index contributed by atoms with van der Waals surface area (Å²) in [5.41, 5.74) is 7.25. The van der Waals surface area contributed by atoms with E-state index in [1.165, 1.54) is 0 Å². The molecule has 7 nitrogen and oxygen atoms in total. The summed E-state index contributed by atoms with van der Waals surface area (Å²) in [6.45, 7) is 4.12. The quantitative estimate of drug-likeness (QED) is 0.436. The Hall–Kier alpha value is -3.45. The number of benzene rings is 2. The van der Waals surface area contributed by atoms with Crippen LogP contribution in [0.5, 0.6) is 0 Å². The Morgan fingerprint density at radius 2 is 1.89 bits per heavy atom. The first kappa shape index (κ1) is 24.7. The molecule has 1 saturated heterocycles. The molecule has 2 aromatic carbocycles. The molecule has 0 saturated carbocycles. The molecule has 1 aliphatic rings. The van der Waals surface area contributed by atoms with Gasteiger partial charge in [0.1, 0.15) is 12.3 Å². The maximum absolute atomic E-state index is 13.8. The number of H-pyrrole nitrogens is 1. The van der Waals surface area contributed by atoms with Crippen molar-refractivity contribution in [3.8, 4) is 0 Å². The van der Waals surface area contributed by atoms with Crippen molar-refractivity contribution in [3.63, 3.8) is 0 Å². The number of aromatic nitrogens is 1. The molecule has 0 radical (unpaired) electrons. The summed E-state index contributed by atoms with van der Waals surface area (Å²) in [5.74, 6) is -0.578. The van der Waals surface area contributed by atoms with E-state index in [4.69, 9.17) is 5.73 Å². The molecule has 4 rings (SSSR count). The predicted octanol–water partition coefficient (Wildman–Crippen LogP) is 2.98. The van der Waals surface area contributed by atoms with Crippen LogP contribution in [0.15, 0.2) is 60.8 Å². The van der Waals surface area contributed by atoms with Gasteiger partial charge in [0.05, 0.1) is 5.54 Å². The maximum atomic E-state index is 13.8. The molecular weight excluding hydrogens is 440 g/mol. The van der Waals surface area contributed by atoms with E-state index >= 15 is 0 Å². The number of carbonyl (C=O) groups is 3. The highest BCUT2D eigenvalue weighted by Gasteiger charge is 2.40. The van der Waals surface area contributed by atoms with Crippen molar-refractivity contribution >= 4 is 29.0 Å². The number of nitrogens with two attached hydrogens (primary N) is 1. The molecule has 1 aliphatic heterocycles. The number of aromatic amines is 1. The Morgan fingerprint density at radius 1 is 1.17 bits per heavy atom. The number of fused-ring (bicyclic) bond motifs is 1. The second-order valence-electron chi connectivity index (χ2n) is 10.3. The normalized spacial score (nSPS) is 19.3. The molecule has 7 heteroatoms. The minimum Gasteiger partial charge on any atom is -0.361 e. The summed E-state index contributed by atoms with van der Waals surface area (Å²) < 4.78 is 0. The molecule has 2 heterocycles. The monoisotopic (exact) mass is 474 g/mol. The molecule has 35 heavy (non-hydrogen) atoms. The number of nitrogens with zero attached hydrogens (tertiary/aromatic N) is 1. The first-order valence-corrected chi connectivity index (χ1v) is 12.1. The van der Waals surface area contributed by atoms with Crippen LogP contribution in [0.25, 0.3) is 10.9 Å². The Kier molecular flexibility index (Phi) is 7.08. The van der Waals surface area contributed by atoms with Crippen molar-refractivity contribution in [2.45, 2.75) is 51.1 Å². The highest BCUT2D eigenvalue weighted by molar-refractivity contribution is 5.92. The van der Waals surface area contributed by atoms with Crippen LogP contribution in [0.1, 0.15) is 37.8 Å². The minimum atomic E-state index is -1.12. The van der Waals surface area contributed by atoms with Gasteiger partial charge in [-0.1, -0.05) is 48.5 Å². The molecule has 0 bridgehead atoms. The highest BCUT2D eigenvalue weighted by Crippen LogP contribution is 2.32. The lowest BCUT2D eigenvalue weighted by molar-refractivity contribution is -0.141. The topological polar surface area (TPSA) is 108 Å². The fourth-order valence-corrected chi connectivity index (χ4v) is 4.92. The van der Waals surface area contributed by atoms with Gasteiger partial charge < -0.3 is 25.7 Å². The standard InChI is InChI=1S/C28H34N4O3/c1-27(2,29)26(35)31-24(15-21-17-30-23-12-7-6-11-22(21)23)25(34)32-14-8-13-28(18-32,19-33)16-20-9-4-3-5-10-20/h3-7,9-12,17,19,24,30H,8,13-16,18,29H2,1-2H3,(H,31,35)/t24-,28+/m1/s1. The van der Waals surface area contributed by atoms with E-state index in [1.54, 1.807) is 18.7 Å². The van der Waals surface area contributed by atoms with Gasteiger partial charge in [0, 0.05) is 42.0 Å². The lowest BCUT2D eigenvalue weighted by Gasteiger charge is -2.41. The number of carbonyl (C=O) groups excluding carboxylic acids is 3. The third-order valence-electron chi connectivity index (χ3n) is 6.86. The summed E-state index contributed by atoms with van der Waals surface area (Å²) in [6, 6.07) is 17.0. The third kappa shape index (κ3) is 5.62. The van der Waals surface area contributed by atoms with E-state index < -0.39 is 22.9 Å². The van der Waals surface area contributed by atoms with Crippen molar-refractivity contribution in [2.75, 3.05) is 13.1 Å². The Morgan fingerprint density at radius 3 is 2.60 bits per heavy atom. The summed E-state index contributed by atoms with van der Waals surface area (Å²) >= 11 is 0. The Balaban J connectivity index is 1.58. The number of amides is 2. The van der Waals surface area contributed by atoms with Crippen molar-refractivity contribution in [1.82, 2.24) is 15.2 Å². The van der Waals surface area contributed by atoms with Crippen molar-refractivity contribution in [3.05, 3.63) is 71.9 Å². The second kappa shape index (κ2) is 10.0. The molecule has 0 spiro atoms. The minimum absolute atomic E-state index is 0.188. The Bertz CT molecular complexity index is 1200. The SMILES string of the molecule is CC(C)(N)C(=O)N[C@H](Cc1c[nH]c2ccccc12)C(=O)N1CCC[C@](C=O)(Cc2ccccc2)C1. The summed E-state index contributed by atoms with van der Waals surface area (Å²) in [6.07, 6.45) is 5.25. The summed E-state index contributed by atoms with van der Waals surface area (Å²) in [4.78, 5) is 43.9. The van der Waals surface area contributed by atoms with Crippen molar-refractivity contribution < 1.29 is 14.4 Å². The number of likely N-dealkylation sites (tertiary alicyclic amines) is 1. The summed E-state index contributed by atoms with van der Waals surface area (Å²) in [5, 5.41) is 3.91. The average Bonchev–Trinajstić information content (AvgIpc) is 3.26. The van der Waals surface area contributed by atoms with E-state index in [0.29, 0.717) is 25.9 Å². The molecule has 2 amide bonds. The van der Waals surface area contributed by atoms with Crippen LogP contribution in [0.4, 0.5) is 0 Å². The van der Waals surface area contributed by atoms with Crippen LogP contribution in [-0.2, 0) is 27.2 Å². The Labute approximate surface area is 206 Å². The molecule has 1 aromatic heterocycles. The van der Waals surface area contributed by atoms with Crippen molar-refractivity contribution in [2.24, 2.45) is 11.1 Å². The van der Waals surface area contributed by atoms with Gasteiger partial charge in [0.2, 0.25) is 11.8 Å². The number of aldehydes is 1. The number of piperidine rings is 1. The van der Waals surface area contributed by atoms with E-state index in [1.807, 2.05) is 60.8 Å². The third-order valence-corrected chi connectivity index (χ3v) is 6.86. The molecule has 3 aromatic rings. The van der Waals surface area contributed by atoms with E-state index in [-0.39, 0.29) is 5.91 Å². The van der Waals surface area contributed by atoms with Crippen LogP contribution in [-0.4, -0.2) is 52.7 Å². The molecule has 2 atom stereocenters. The van der Waals surface area contributed by atoms with Gasteiger partial charge in [0.25, 0.3) is 0 Å². The number of rotatable bonds is 8. The first-order valence-electron chi connectivity index (χ1n) is 12.1. The summed E-state index contributed by atoms with van der Waals surface area (Å²) in [7, 11) is 0.